The molecule has 0 saturated carbocycles. The van der Waals surface area contributed by atoms with Crippen molar-refractivity contribution >= 4 is 27.3 Å². The predicted octanol–water partition coefficient (Wildman–Crippen LogP) is 1.65. The van der Waals surface area contributed by atoms with Gasteiger partial charge in [0.2, 0.25) is 10.0 Å². The molecule has 0 radical (unpaired) electrons. The van der Waals surface area contributed by atoms with Crippen LogP contribution in [0.4, 0.5) is 0 Å². The van der Waals surface area contributed by atoms with Crippen molar-refractivity contribution in [2.45, 2.75) is 30.4 Å². The van der Waals surface area contributed by atoms with Crippen LogP contribution in [-0.2, 0) is 15.4 Å². The van der Waals surface area contributed by atoms with Crippen LogP contribution >= 0.6 is 11.3 Å². The maximum Gasteiger partial charge on any atom is 0.346 e. The molecule has 7 heteroatoms. The van der Waals surface area contributed by atoms with E-state index in [2.05, 4.69) is 4.72 Å². The first-order valence-corrected chi connectivity index (χ1v) is 7.20. The quantitative estimate of drug-likeness (QED) is 0.880. The van der Waals surface area contributed by atoms with Crippen molar-refractivity contribution in [1.82, 2.24) is 4.72 Å². The van der Waals surface area contributed by atoms with E-state index in [-0.39, 0.29) is 9.09 Å². The van der Waals surface area contributed by atoms with Crippen molar-refractivity contribution in [2.75, 3.05) is 7.05 Å². The molecule has 0 saturated heterocycles. The molecule has 0 unspecified atom stereocenters. The highest BCUT2D eigenvalue weighted by Gasteiger charge is 2.28. The summed E-state index contributed by atoms with van der Waals surface area (Å²) in [5, 5.41) is 9.08. The Hall–Kier alpha value is -0.920. The Balaban J connectivity index is 3.48. The molecule has 0 aromatic carbocycles. The molecule has 0 aliphatic rings. The van der Waals surface area contributed by atoms with Gasteiger partial charge in [-0.25, -0.2) is 17.9 Å². The van der Waals surface area contributed by atoms with E-state index in [0.717, 1.165) is 11.3 Å². The molecule has 1 heterocycles. The van der Waals surface area contributed by atoms with Gasteiger partial charge in [0.1, 0.15) is 9.09 Å². The molecule has 0 bridgehead atoms. The molecule has 0 spiro atoms. The van der Waals surface area contributed by atoms with Crippen LogP contribution in [0.2, 0.25) is 0 Å². The Labute approximate surface area is 105 Å². The summed E-state index contributed by atoms with van der Waals surface area (Å²) in [5.74, 6) is -1.10. The van der Waals surface area contributed by atoms with Gasteiger partial charge in [0.15, 0.2) is 0 Å². The fourth-order valence-electron chi connectivity index (χ4n) is 1.32. The molecule has 5 nitrogen and oxygen atoms in total. The van der Waals surface area contributed by atoms with Crippen molar-refractivity contribution in [2.24, 2.45) is 0 Å². The number of hydrogen-bond donors (Lipinski definition) is 2. The lowest BCUT2D eigenvalue weighted by molar-refractivity contribution is 0.0699. The summed E-state index contributed by atoms with van der Waals surface area (Å²) in [5.41, 5.74) is 0.120. The van der Waals surface area contributed by atoms with Crippen molar-refractivity contribution in [3.05, 3.63) is 16.5 Å². The number of sulfonamides is 1. The molecule has 2 N–H and O–H groups in total. The van der Waals surface area contributed by atoms with E-state index in [0.29, 0.717) is 5.56 Å². The van der Waals surface area contributed by atoms with Crippen molar-refractivity contribution in [3.63, 3.8) is 0 Å². The molecule has 1 rings (SSSR count). The summed E-state index contributed by atoms with van der Waals surface area (Å²) in [6, 6.07) is 1.43. The second kappa shape index (κ2) is 4.40. The first-order chi connectivity index (χ1) is 7.59. The largest absolute Gasteiger partial charge is 0.477 e. The van der Waals surface area contributed by atoms with Gasteiger partial charge in [-0.3, -0.25) is 0 Å². The van der Waals surface area contributed by atoms with Gasteiger partial charge in [0, 0.05) is 0 Å². The van der Waals surface area contributed by atoms with E-state index >= 15 is 0 Å². The van der Waals surface area contributed by atoms with Crippen LogP contribution in [0.15, 0.2) is 10.3 Å². The number of thiophene rings is 1. The fraction of sp³-hybridized carbons (Fsp3) is 0.500. The van der Waals surface area contributed by atoms with E-state index in [1.807, 2.05) is 20.8 Å². The molecule has 0 aliphatic carbocycles. The Bertz CT molecular complexity index is 537. The summed E-state index contributed by atoms with van der Waals surface area (Å²) in [4.78, 5) is 11.2. The normalized spacial score (nSPS) is 12.7. The van der Waals surface area contributed by atoms with Gasteiger partial charge in [-0.05, 0) is 24.1 Å². The summed E-state index contributed by atoms with van der Waals surface area (Å²) in [7, 11) is -2.29. The van der Waals surface area contributed by atoms with E-state index in [9.17, 15) is 13.2 Å². The fourth-order valence-corrected chi connectivity index (χ4v) is 3.67. The average molecular weight is 277 g/mol. The van der Waals surface area contributed by atoms with Gasteiger partial charge in [-0.15, -0.1) is 11.3 Å². The molecule has 0 atom stereocenters. The van der Waals surface area contributed by atoms with E-state index in [1.54, 1.807) is 0 Å². The van der Waals surface area contributed by atoms with Crippen molar-refractivity contribution < 1.29 is 18.3 Å². The van der Waals surface area contributed by atoms with Crippen LogP contribution in [0.25, 0.3) is 0 Å². The Morgan fingerprint density at radius 1 is 1.41 bits per heavy atom. The van der Waals surface area contributed by atoms with Gasteiger partial charge in [0.05, 0.1) is 0 Å². The van der Waals surface area contributed by atoms with Crippen molar-refractivity contribution in [1.29, 1.82) is 0 Å². The standard InChI is InChI=1S/C10H15NO4S2/c1-10(2,3)6-5-7(17(14,15)11-4)16-8(6)9(12)13/h5,11H,1-4H3,(H,12,13). The number of nitrogens with one attached hydrogen (secondary N) is 1. The number of aromatic carboxylic acids is 1. The predicted molar refractivity (Wildman–Crippen MR) is 66.2 cm³/mol. The monoisotopic (exact) mass is 277 g/mol. The molecule has 17 heavy (non-hydrogen) atoms. The maximum absolute atomic E-state index is 11.6. The number of rotatable bonds is 3. The highest BCUT2D eigenvalue weighted by Crippen LogP contribution is 2.34. The minimum Gasteiger partial charge on any atom is -0.477 e. The van der Waals surface area contributed by atoms with Gasteiger partial charge >= 0.3 is 5.97 Å². The number of carboxylic acid groups (broad SMARTS) is 1. The summed E-state index contributed by atoms with van der Waals surface area (Å²) in [6.45, 7) is 5.53. The zero-order valence-corrected chi connectivity index (χ0v) is 11.7. The highest BCUT2D eigenvalue weighted by molar-refractivity contribution is 7.91. The second-order valence-electron chi connectivity index (χ2n) is 4.57. The summed E-state index contributed by atoms with van der Waals surface area (Å²) < 4.78 is 25.5. The second-order valence-corrected chi connectivity index (χ2v) is 7.74. The molecule has 1 aromatic rings. The average Bonchev–Trinajstić information content (AvgIpc) is 2.61. The summed E-state index contributed by atoms with van der Waals surface area (Å²) >= 11 is 0.776. The SMILES string of the molecule is CNS(=O)(=O)c1cc(C(C)(C)C)c(C(=O)O)s1. The highest BCUT2D eigenvalue weighted by atomic mass is 32.2. The van der Waals surface area contributed by atoms with E-state index in [1.165, 1.54) is 13.1 Å². The first kappa shape index (κ1) is 14.1. The zero-order chi connectivity index (χ0) is 13.4. The van der Waals surface area contributed by atoms with Crippen LogP contribution in [0.3, 0.4) is 0 Å². The van der Waals surface area contributed by atoms with Crippen molar-refractivity contribution in [3.8, 4) is 0 Å². The van der Waals surface area contributed by atoms with Crippen LogP contribution < -0.4 is 4.72 Å². The first-order valence-electron chi connectivity index (χ1n) is 4.90. The zero-order valence-electron chi connectivity index (χ0n) is 10.1. The topological polar surface area (TPSA) is 83.5 Å². The molecule has 0 fully saturated rings. The van der Waals surface area contributed by atoms with Gasteiger partial charge in [-0.2, -0.15) is 0 Å². The van der Waals surface area contributed by atoms with Gasteiger partial charge in [0.25, 0.3) is 0 Å². The maximum atomic E-state index is 11.6. The lowest BCUT2D eigenvalue weighted by atomic mass is 9.87. The Morgan fingerprint density at radius 2 is 1.94 bits per heavy atom. The molecule has 0 amide bonds. The number of carbonyl (C=O) groups is 1. The lowest BCUT2D eigenvalue weighted by Gasteiger charge is -2.17. The van der Waals surface area contributed by atoms with E-state index in [4.69, 9.17) is 5.11 Å². The van der Waals surface area contributed by atoms with E-state index < -0.39 is 21.4 Å². The lowest BCUT2D eigenvalue weighted by Crippen LogP contribution is -2.17. The Morgan fingerprint density at radius 3 is 2.24 bits per heavy atom. The van der Waals surface area contributed by atoms with Crippen LogP contribution in [0.5, 0.6) is 0 Å². The molecular weight excluding hydrogens is 262 g/mol. The number of carboxylic acids is 1. The van der Waals surface area contributed by atoms with Gasteiger partial charge < -0.3 is 5.11 Å². The third-order valence-electron chi connectivity index (χ3n) is 2.25. The molecule has 0 aliphatic heterocycles. The van der Waals surface area contributed by atoms with Crippen LogP contribution in [0, 0.1) is 0 Å². The van der Waals surface area contributed by atoms with Crippen LogP contribution in [0.1, 0.15) is 36.0 Å². The minimum atomic E-state index is -3.59. The van der Waals surface area contributed by atoms with Gasteiger partial charge in [-0.1, -0.05) is 20.8 Å². The smallest absolute Gasteiger partial charge is 0.346 e. The minimum absolute atomic E-state index is 0.0299. The number of hydrogen-bond acceptors (Lipinski definition) is 4. The Kier molecular flexibility index (Phi) is 3.66. The summed E-state index contributed by atoms with van der Waals surface area (Å²) in [6.07, 6.45) is 0. The molecule has 96 valence electrons. The molecule has 1 aromatic heterocycles. The van der Waals surface area contributed by atoms with Crippen LogP contribution in [-0.4, -0.2) is 26.5 Å². The third kappa shape index (κ3) is 2.85. The molecular formula is C10H15NO4S2. The third-order valence-corrected chi connectivity index (χ3v) is 5.26.